The molecule has 13 heteroatoms. The molecule has 1 aliphatic rings. The smallest absolute Gasteiger partial charge is 0.321 e. The molecule has 2 aromatic carbocycles. The largest absolute Gasteiger partial charge is 0.352 e. The van der Waals surface area contributed by atoms with Gasteiger partial charge >= 0.3 is 6.03 Å². The number of aromatic nitrogens is 4. The van der Waals surface area contributed by atoms with Gasteiger partial charge in [-0.15, -0.1) is 0 Å². The maximum Gasteiger partial charge on any atom is 0.321 e. The lowest BCUT2D eigenvalue weighted by Crippen LogP contribution is -2.57. The predicted molar refractivity (Wildman–Crippen MR) is 145 cm³/mol. The molecule has 10 nitrogen and oxygen atoms in total. The molecule has 0 saturated carbocycles. The fraction of sp³-hybridized carbons (Fsp3) is 0.222. The molecule has 0 bridgehead atoms. The molecule has 0 aliphatic carbocycles. The second-order valence-electron chi connectivity index (χ2n) is 9.14. The molecule has 206 valence electrons. The molecule has 0 spiro atoms. The minimum atomic E-state index is -0.986. The molecule has 1 atom stereocenters. The number of piperazine rings is 1. The Hall–Kier alpha value is -4.58. The van der Waals surface area contributed by atoms with Gasteiger partial charge in [0.2, 0.25) is 11.9 Å². The summed E-state index contributed by atoms with van der Waals surface area (Å²) < 4.78 is 28.5. The van der Waals surface area contributed by atoms with Crippen molar-refractivity contribution in [2.24, 2.45) is 0 Å². The Kier molecular flexibility index (Phi) is 8.15. The van der Waals surface area contributed by atoms with Gasteiger partial charge in [0, 0.05) is 56.7 Å². The number of anilines is 2. The first-order chi connectivity index (χ1) is 19.4. The number of rotatable bonds is 7. The van der Waals surface area contributed by atoms with Crippen molar-refractivity contribution in [1.82, 2.24) is 29.7 Å². The third-order valence-corrected chi connectivity index (χ3v) is 6.58. The number of hydrogen-bond donors (Lipinski definition) is 2. The Balaban J connectivity index is 1.34. The number of nitrogens with one attached hydrogen (secondary N) is 2. The molecule has 3 heterocycles. The van der Waals surface area contributed by atoms with Crippen LogP contribution in [-0.4, -0.2) is 62.0 Å². The molecular weight excluding hydrogens is 542 g/mol. The Labute approximate surface area is 233 Å². The summed E-state index contributed by atoms with van der Waals surface area (Å²) in [5, 5.41) is 5.83. The van der Waals surface area contributed by atoms with Gasteiger partial charge in [-0.3, -0.25) is 9.36 Å². The van der Waals surface area contributed by atoms with E-state index in [-0.39, 0.29) is 36.6 Å². The number of nitrogens with zero attached hydrogens (tertiary/aromatic N) is 6. The fourth-order valence-electron chi connectivity index (χ4n) is 4.41. The number of amides is 3. The average molecular weight is 567 g/mol. The van der Waals surface area contributed by atoms with Crippen LogP contribution in [0.2, 0.25) is 5.15 Å². The van der Waals surface area contributed by atoms with E-state index in [2.05, 4.69) is 25.6 Å². The minimum Gasteiger partial charge on any atom is -0.352 e. The first kappa shape index (κ1) is 27.0. The Bertz CT molecular complexity index is 1490. The number of carbonyl (C=O) groups excluding carboxylic acids is 2. The van der Waals surface area contributed by atoms with E-state index in [0.29, 0.717) is 36.1 Å². The van der Waals surface area contributed by atoms with Crippen molar-refractivity contribution in [3.05, 3.63) is 95.7 Å². The molecule has 40 heavy (non-hydrogen) atoms. The van der Waals surface area contributed by atoms with Crippen molar-refractivity contribution >= 4 is 35.0 Å². The number of imidazole rings is 1. The SMILES string of the molecule is O=C(CC1CN(C(=O)Nc2ccccc2)CCN1c1cc(Cl)nc(-n2ccnc2)n1)NCc1ccc(F)c(F)c1. The lowest BCUT2D eigenvalue weighted by atomic mass is 10.1. The molecular formula is C27H25ClF2N8O2. The van der Waals surface area contributed by atoms with Gasteiger partial charge in [-0.1, -0.05) is 35.9 Å². The second-order valence-corrected chi connectivity index (χ2v) is 9.52. The third kappa shape index (κ3) is 6.52. The number of halogens is 3. The highest BCUT2D eigenvalue weighted by molar-refractivity contribution is 6.29. The van der Waals surface area contributed by atoms with E-state index in [1.165, 1.54) is 6.07 Å². The molecule has 4 aromatic rings. The van der Waals surface area contributed by atoms with Crippen LogP contribution in [-0.2, 0) is 11.3 Å². The van der Waals surface area contributed by atoms with Crippen LogP contribution in [0.1, 0.15) is 12.0 Å². The van der Waals surface area contributed by atoms with Gasteiger partial charge in [0.15, 0.2) is 11.6 Å². The highest BCUT2D eigenvalue weighted by Gasteiger charge is 2.32. The van der Waals surface area contributed by atoms with Crippen LogP contribution in [0.5, 0.6) is 0 Å². The molecule has 5 rings (SSSR count). The first-order valence-corrected chi connectivity index (χ1v) is 12.8. The van der Waals surface area contributed by atoms with Crippen LogP contribution < -0.4 is 15.5 Å². The molecule has 2 N–H and O–H groups in total. The lowest BCUT2D eigenvalue weighted by Gasteiger charge is -2.42. The van der Waals surface area contributed by atoms with Crippen molar-refractivity contribution in [2.45, 2.75) is 19.0 Å². The van der Waals surface area contributed by atoms with Gasteiger partial charge in [0.25, 0.3) is 0 Å². The summed E-state index contributed by atoms with van der Waals surface area (Å²) in [6.07, 6.45) is 4.82. The number of urea groups is 1. The number of para-hydroxylation sites is 1. The van der Waals surface area contributed by atoms with E-state index >= 15 is 0 Å². The van der Waals surface area contributed by atoms with Crippen molar-refractivity contribution in [3.8, 4) is 5.95 Å². The fourth-order valence-corrected chi connectivity index (χ4v) is 4.58. The van der Waals surface area contributed by atoms with Crippen LogP contribution >= 0.6 is 11.6 Å². The molecule has 0 radical (unpaired) electrons. The topological polar surface area (TPSA) is 108 Å². The maximum atomic E-state index is 13.6. The van der Waals surface area contributed by atoms with Crippen molar-refractivity contribution in [2.75, 3.05) is 29.9 Å². The summed E-state index contributed by atoms with van der Waals surface area (Å²) >= 11 is 6.33. The van der Waals surface area contributed by atoms with Crippen molar-refractivity contribution in [1.29, 1.82) is 0 Å². The number of hydrogen-bond acceptors (Lipinski definition) is 6. The summed E-state index contributed by atoms with van der Waals surface area (Å²) in [5.41, 5.74) is 1.08. The van der Waals surface area contributed by atoms with E-state index in [4.69, 9.17) is 11.6 Å². The number of carbonyl (C=O) groups is 2. The minimum absolute atomic E-state index is 0.000818. The molecule has 1 saturated heterocycles. The van der Waals surface area contributed by atoms with Crippen LogP contribution in [0.4, 0.5) is 25.1 Å². The van der Waals surface area contributed by atoms with E-state index < -0.39 is 17.7 Å². The molecule has 1 unspecified atom stereocenters. The van der Waals surface area contributed by atoms with Crippen LogP contribution in [0, 0.1) is 11.6 Å². The first-order valence-electron chi connectivity index (χ1n) is 12.5. The van der Waals surface area contributed by atoms with Crippen LogP contribution in [0.25, 0.3) is 5.95 Å². The third-order valence-electron chi connectivity index (χ3n) is 6.39. The van der Waals surface area contributed by atoms with E-state index in [1.807, 2.05) is 23.1 Å². The molecule has 1 fully saturated rings. The highest BCUT2D eigenvalue weighted by Crippen LogP contribution is 2.25. The maximum absolute atomic E-state index is 13.6. The molecule has 2 aromatic heterocycles. The summed E-state index contributed by atoms with van der Waals surface area (Å²) in [6.45, 7) is 0.984. The standard InChI is InChI=1S/C27H25ClF2N8O2/c28-23-14-24(35-26(34-23)37-9-8-31-17-37)38-11-10-36(27(40)33-19-4-2-1-3-5-19)16-20(38)13-25(39)32-15-18-6-7-21(29)22(30)12-18/h1-9,12,14,17,20H,10-11,13,15-16H2,(H,32,39)(H,33,40). The Morgan fingerprint density at radius 1 is 1.02 bits per heavy atom. The normalized spacial score (nSPS) is 15.1. The average Bonchev–Trinajstić information content (AvgIpc) is 3.49. The second kappa shape index (κ2) is 12.1. The van der Waals surface area contributed by atoms with Crippen molar-refractivity contribution < 1.29 is 18.4 Å². The van der Waals surface area contributed by atoms with Crippen LogP contribution in [0.15, 0.2) is 73.3 Å². The summed E-state index contributed by atoms with van der Waals surface area (Å²) in [5.74, 6) is -1.48. The zero-order chi connectivity index (χ0) is 28.1. The van der Waals surface area contributed by atoms with Gasteiger partial charge < -0.3 is 20.4 Å². The van der Waals surface area contributed by atoms with Gasteiger partial charge in [0.05, 0.1) is 6.04 Å². The quantitative estimate of drug-likeness (QED) is 0.327. The lowest BCUT2D eigenvalue weighted by molar-refractivity contribution is -0.121. The van der Waals surface area contributed by atoms with E-state index in [9.17, 15) is 18.4 Å². The van der Waals surface area contributed by atoms with Gasteiger partial charge in [-0.25, -0.2) is 23.5 Å². The van der Waals surface area contributed by atoms with Gasteiger partial charge in [-0.05, 0) is 29.8 Å². The monoisotopic (exact) mass is 566 g/mol. The van der Waals surface area contributed by atoms with Gasteiger partial charge in [0.1, 0.15) is 17.3 Å². The Morgan fingerprint density at radius 3 is 2.60 bits per heavy atom. The van der Waals surface area contributed by atoms with E-state index in [0.717, 1.165) is 12.1 Å². The molecule has 1 aliphatic heterocycles. The predicted octanol–water partition coefficient (Wildman–Crippen LogP) is 4.02. The summed E-state index contributed by atoms with van der Waals surface area (Å²) in [6, 6.07) is 13.4. The summed E-state index contributed by atoms with van der Waals surface area (Å²) in [7, 11) is 0. The van der Waals surface area contributed by atoms with Crippen molar-refractivity contribution in [3.63, 3.8) is 0 Å². The summed E-state index contributed by atoms with van der Waals surface area (Å²) in [4.78, 5) is 42.5. The molecule has 3 amide bonds. The number of benzene rings is 2. The zero-order valence-electron chi connectivity index (χ0n) is 21.2. The van der Waals surface area contributed by atoms with Gasteiger partial charge in [-0.2, -0.15) is 4.98 Å². The van der Waals surface area contributed by atoms with E-state index in [1.54, 1.807) is 46.4 Å². The Morgan fingerprint density at radius 2 is 1.85 bits per heavy atom. The van der Waals surface area contributed by atoms with Crippen LogP contribution in [0.3, 0.4) is 0 Å². The zero-order valence-corrected chi connectivity index (χ0v) is 21.9. The highest BCUT2D eigenvalue weighted by atomic mass is 35.5.